The monoisotopic (exact) mass is 274 g/mol. The highest BCUT2D eigenvalue weighted by Crippen LogP contribution is 2.24. The summed E-state index contributed by atoms with van der Waals surface area (Å²) in [6.07, 6.45) is -0.0287. The summed E-state index contributed by atoms with van der Waals surface area (Å²) < 4.78 is 11.8. The molecule has 0 radical (unpaired) electrons. The van der Waals surface area contributed by atoms with E-state index in [9.17, 15) is 0 Å². The molecule has 1 aliphatic rings. The number of rotatable bonds is 3. The van der Waals surface area contributed by atoms with Gasteiger partial charge in [0.15, 0.2) is 6.29 Å². The molecule has 0 amide bonds. The smallest absolute Gasteiger partial charge is 0.167 e. The molecule has 0 bridgehead atoms. The predicted molar refractivity (Wildman–Crippen MR) is 60.6 cm³/mol. The summed E-state index contributed by atoms with van der Waals surface area (Å²) >= 11 is 5.19. The standard InChI is InChI=1S/C10H11BrO2S/c11-8-2-1-3-9(6-8)14-7-10-12-4-5-13-10/h1-3,6,10H,4-5,7H2. The van der Waals surface area contributed by atoms with Gasteiger partial charge in [0.2, 0.25) is 0 Å². The van der Waals surface area contributed by atoms with Gasteiger partial charge in [-0.15, -0.1) is 11.8 Å². The highest BCUT2D eigenvalue weighted by atomic mass is 79.9. The lowest BCUT2D eigenvalue weighted by Crippen LogP contribution is -2.10. The number of thioether (sulfide) groups is 1. The quantitative estimate of drug-likeness (QED) is 0.790. The highest BCUT2D eigenvalue weighted by Gasteiger charge is 2.15. The van der Waals surface area contributed by atoms with Crippen LogP contribution >= 0.6 is 27.7 Å². The van der Waals surface area contributed by atoms with Crippen LogP contribution in [0, 0.1) is 0 Å². The number of benzene rings is 1. The van der Waals surface area contributed by atoms with E-state index < -0.39 is 0 Å². The maximum absolute atomic E-state index is 5.35. The SMILES string of the molecule is Brc1cccc(SCC2OCCO2)c1. The highest BCUT2D eigenvalue weighted by molar-refractivity contribution is 9.10. The molecular formula is C10H11BrO2S. The van der Waals surface area contributed by atoms with Crippen molar-refractivity contribution in [2.24, 2.45) is 0 Å². The Balaban J connectivity index is 1.85. The molecule has 76 valence electrons. The number of hydrogen-bond donors (Lipinski definition) is 0. The first-order valence-corrected chi connectivity index (χ1v) is 6.24. The van der Waals surface area contributed by atoms with Gasteiger partial charge in [0, 0.05) is 15.1 Å². The Morgan fingerprint density at radius 2 is 2.14 bits per heavy atom. The molecule has 1 aromatic carbocycles. The van der Waals surface area contributed by atoms with Crippen molar-refractivity contribution in [2.45, 2.75) is 11.2 Å². The average molecular weight is 275 g/mol. The minimum atomic E-state index is -0.0287. The van der Waals surface area contributed by atoms with E-state index in [0.717, 1.165) is 23.4 Å². The van der Waals surface area contributed by atoms with Crippen LogP contribution in [0.3, 0.4) is 0 Å². The molecule has 0 aliphatic carbocycles. The Morgan fingerprint density at radius 3 is 2.86 bits per heavy atom. The van der Waals surface area contributed by atoms with Crippen LogP contribution in [-0.4, -0.2) is 25.3 Å². The molecule has 14 heavy (non-hydrogen) atoms. The van der Waals surface area contributed by atoms with Crippen molar-refractivity contribution >= 4 is 27.7 Å². The zero-order chi connectivity index (χ0) is 9.80. The molecule has 0 unspecified atom stereocenters. The van der Waals surface area contributed by atoms with Gasteiger partial charge in [0.25, 0.3) is 0 Å². The van der Waals surface area contributed by atoms with Crippen LogP contribution in [0.1, 0.15) is 0 Å². The topological polar surface area (TPSA) is 18.5 Å². The van der Waals surface area contributed by atoms with E-state index >= 15 is 0 Å². The van der Waals surface area contributed by atoms with E-state index in [1.807, 2.05) is 12.1 Å². The van der Waals surface area contributed by atoms with Gasteiger partial charge in [0.1, 0.15) is 0 Å². The molecule has 2 rings (SSSR count). The second-order valence-electron chi connectivity index (χ2n) is 2.94. The summed E-state index contributed by atoms with van der Waals surface area (Å²) in [7, 11) is 0. The van der Waals surface area contributed by atoms with Gasteiger partial charge in [-0.1, -0.05) is 22.0 Å². The normalized spacial score (nSPS) is 17.5. The Morgan fingerprint density at radius 1 is 1.36 bits per heavy atom. The number of halogens is 1. The Kier molecular flexibility index (Phi) is 3.87. The molecule has 4 heteroatoms. The van der Waals surface area contributed by atoms with Crippen molar-refractivity contribution < 1.29 is 9.47 Å². The van der Waals surface area contributed by atoms with Gasteiger partial charge < -0.3 is 9.47 Å². The third-order valence-corrected chi connectivity index (χ3v) is 3.39. The van der Waals surface area contributed by atoms with Crippen molar-refractivity contribution in [3.8, 4) is 0 Å². The van der Waals surface area contributed by atoms with Gasteiger partial charge in [-0.3, -0.25) is 0 Å². The van der Waals surface area contributed by atoms with Crippen LogP contribution in [0.4, 0.5) is 0 Å². The molecule has 0 atom stereocenters. The summed E-state index contributed by atoms with van der Waals surface area (Å²) in [6, 6.07) is 8.24. The van der Waals surface area contributed by atoms with E-state index in [-0.39, 0.29) is 6.29 Å². The lowest BCUT2D eigenvalue weighted by Gasteiger charge is -2.08. The summed E-state index contributed by atoms with van der Waals surface area (Å²) in [5.41, 5.74) is 0. The van der Waals surface area contributed by atoms with Crippen molar-refractivity contribution in [1.29, 1.82) is 0 Å². The lowest BCUT2D eigenvalue weighted by atomic mass is 10.4. The Labute approximate surface area is 96.1 Å². The molecule has 1 aromatic rings. The van der Waals surface area contributed by atoms with Gasteiger partial charge in [-0.25, -0.2) is 0 Å². The second-order valence-corrected chi connectivity index (χ2v) is 4.95. The van der Waals surface area contributed by atoms with E-state index in [1.54, 1.807) is 11.8 Å². The van der Waals surface area contributed by atoms with Crippen LogP contribution in [0.2, 0.25) is 0 Å². The largest absolute Gasteiger partial charge is 0.349 e. The van der Waals surface area contributed by atoms with Crippen LogP contribution in [0.25, 0.3) is 0 Å². The molecule has 2 nitrogen and oxygen atoms in total. The lowest BCUT2D eigenvalue weighted by molar-refractivity contribution is -0.0214. The van der Waals surface area contributed by atoms with Crippen LogP contribution < -0.4 is 0 Å². The summed E-state index contributed by atoms with van der Waals surface area (Å²) in [4.78, 5) is 1.23. The molecular weight excluding hydrogens is 264 g/mol. The molecule has 1 fully saturated rings. The Bertz CT molecular complexity index is 300. The number of ether oxygens (including phenoxy) is 2. The van der Waals surface area contributed by atoms with Crippen molar-refractivity contribution in [1.82, 2.24) is 0 Å². The molecule has 1 aliphatic heterocycles. The molecule has 0 aromatic heterocycles. The summed E-state index contributed by atoms with van der Waals surface area (Å²) in [6.45, 7) is 1.45. The van der Waals surface area contributed by atoms with Gasteiger partial charge in [-0.05, 0) is 18.2 Å². The van der Waals surface area contributed by atoms with E-state index in [2.05, 4.69) is 28.1 Å². The first-order chi connectivity index (χ1) is 6.84. The maximum Gasteiger partial charge on any atom is 0.167 e. The van der Waals surface area contributed by atoms with Crippen molar-refractivity contribution in [3.63, 3.8) is 0 Å². The summed E-state index contributed by atoms with van der Waals surface area (Å²) in [5.74, 6) is 0.858. The fourth-order valence-electron chi connectivity index (χ4n) is 1.22. The average Bonchev–Trinajstić information content (AvgIpc) is 2.67. The zero-order valence-electron chi connectivity index (χ0n) is 7.61. The van der Waals surface area contributed by atoms with E-state index in [0.29, 0.717) is 0 Å². The minimum Gasteiger partial charge on any atom is -0.349 e. The molecule has 0 N–H and O–H groups in total. The van der Waals surface area contributed by atoms with Gasteiger partial charge in [-0.2, -0.15) is 0 Å². The second kappa shape index (κ2) is 5.16. The summed E-state index contributed by atoms with van der Waals surface area (Å²) in [5, 5.41) is 0. The predicted octanol–water partition coefficient (Wildman–Crippen LogP) is 2.91. The third-order valence-electron chi connectivity index (χ3n) is 1.87. The maximum atomic E-state index is 5.35. The van der Waals surface area contributed by atoms with Crippen molar-refractivity contribution in [2.75, 3.05) is 19.0 Å². The zero-order valence-corrected chi connectivity index (χ0v) is 10.0. The molecule has 1 heterocycles. The number of hydrogen-bond acceptors (Lipinski definition) is 3. The fourth-order valence-corrected chi connectivity index (χ4v) is 2.68. The molecule has 0 saturated carbocycles. The third kappa shape index (κ3) is 2.98. The molecule has 1 saturated heterocycles. The first kappa shape index (κ1) is 10.5. The van der Waals surface area contributed by atoms with Gasteiger partial charge in [0.05, 0.1) is 13.2 Å². The van der Waals surface area contributed by atoms with Crippen molar-refractivity contribution in [3.05, 3.63) is 28.7 Å². The van der Waals surface area contributed by atoms with Crippen LogP contribution in [0.15, 0.2) is 33.6 Å². The fraction of sp³-hybridized carbons (Fsp3) is 0.400. The molecule has 0 spiro atoms. The first-order valence-electron chi connectivity index (χ1n) is 4.46. The van der Waals surface area contributed by atoms with Gasteiger partial charge >= 0.3 is 0 Å². The van der Waals surface area contributed by atoms with Crippen LogP contribution in [0.5, 0.6) is 0 Å². The van der Waals surface area contributed by atoms with E-state index in [4.69, 9.17) is 9.47 Å². The Hall–Kier alpha value is -0.0300. The van der Waals surface area contributed by atoms with E-state index in [1.165, 1.54) is 4.90 Å². The minimum absolute atomic E-state index is 0.0287. The van der Waals surface area contributed by atoms with Crippen LogP contribution in [-0.2, 0) is 9.47 Å².